The van der Waals surface area contributed by atoms with Gasteiger partial charge in [-0.2, -0.15) is 0 Å². The lowest BCUT2D eigenvalue weighted by Gasteiger charge is -2.14. The van der Waals surface area contributed by atoms with Gasteiger partial charge in [0.2, 0.25) is 0 Å². The van der Waals surface area contributed by atoms with Crippen molar-refractivity contribution < 1.29 is 23.1 Å². The van der Waals surface area contributed by atoms with Crippen LogP contribution in [0.25, 0.3) is 0 Å². The fourth-order valence-electron chi connectivity index (χ4n) is 1.98. The monoisotopic (exact) mass is 365 g/mol. The first-order valence-corrected chi connectivity index (χ1v) is 8.51. The Kier molecular flexibility index (Phi) is 6.94. The van der Waals surface area contributed by atoms with Crippen molar-refractivity contribution in [2.45, 2.75) is 17.9 Å². The number of nitrogens with one attached hydrogen (secondary N) is 1. The molecule has 0 saturated heterocycles. The summed E-state index contributed by atoms with van der Waals surface area (Å²) in [6, 6.07) is 11.2. The first-order valence-electron chi connectivity index (χ1n) is 7.53. The van der Waals surface area contributed by atoms with E-state index in [9.17, 15) is 18.4 Å². The minimum atomic E-state index is -0.543. The molecule has 0 aromatic heterocycles. The first-order chi connectivity index (χ1) is 11.9. The van der Waals surface area contributed by atoms with Crippen molar-refractivity contribution in [2.75, 3.05) is 12.4 Å². The quantitative estimate of drug-likeness (QED) is 0.603. The minimum absolute atomic E-state index is 0.0203. The van der Waals surface area contributed by atoms with Crippen molar-refractivity contribution in [3.05, 3.63) is 65.7 Å². The van der Waals surface area contributed by atoms with Gasteiger partial charge in [-0.05, 0) is 48.9 Å². The maximum absolute atomic E-state index is 12.9. The van der Waals surface area contributed by atoms with Crippen molar-refractivity contribution >= 4 is 23.6 Å². The Morgan fingerprint density at radius 2 is 1.60 bits per heavy atom. The number of amides is 1. The van der Waals surface area contributed by atoms with Crippen LogP contribution < -0.4 is 5.32 Å². The Morgan fingerprint density at radius 1 is 1.04 bits per heavy atom. The summed E-state index contributed by atoms with van der Waals surface area (Å²) in [6.45, 7) is 1.35. The Morgan fingerprint density at radius 3 is 2.20 bits per heavy atom. The molecule has 0 aliphatic heterocycles. The van der Waals surface area contributed by atoms with E-state index in [1.165, 1.54) is 36.0 Å². The number of ether oxygens (including phenoxy) is 1. The third-order valence-corrected chi connectivity index (χ3v) is 4.27. The van der Waals surface area contributed by atoms with Crippen LogP contribution in [0.2, 0.25) is 0 Å². The molecule has 0 fully saturated rings. The van der Waals surface area contributed by atoms with E-state index in [1.54, 1.807) is 31.2 Å². The first kappa shape index (κ1) is 18.9. The second kappa shape index (κ2) is 9.17. The summed E-state index contributed by atoms with van der Waals surface area (Å²) in [7, 11) is 0. The number of benzene rings is 2. The van der Waals surface area contributed by atoms with Crippen LogP contribution in [0.5, 0.6) is 0 Å². The van der Waals surface area contributed by atoms with E-state index in [4.69, 9.17) is 4.74 Å². The van der Waals surface area contributed by atoms with Gasteiger partial charge in [0.1, 0.15) is 11.6 Å². The number of hydrogen-bond donors (Lipinski definition) is 1. The van der Waals surface area contributed by atoms with Crippen LogP contribution in [-0.2, 0) is 14.3 Å². The van der Waals surface area contributed by atoms with Crippen LogP contribution in [0.3, 0.4) is 0 Å². The highest BCUT2D eigenvalue weighted by atomic mass is 32.2. The largest absolute Gasteiger partial charge is 0.455 e. The third kappa shape index (κ3) is 6.54. The molecule has 7 heteroatoms. The fourth-order valence-corrected chi connectivity index (χ4v) is 2.68. The van der Waals surface area contributed by atoms with Crippen molar-refractivity contribution in [3.8, 4) is 0 Å². The summed E-state index contributed by atoms with van der Waals surface area (Å²) < 4.78 is 30.5. The molecule has 0 aliphatic rings. The molecule has 1 atom stereocenters. The molecule has 0 radical (unpaired) electrons. The number of hydrogen-bond acceptors (Lipinski definition) is 4. The Labute approximate surface area is 148 Å². The van der Waals surface area contributed by atoms with Gasteiger partial charge < -0.3 is 10.1 Å². The Balaban J connectivity index is 1.70. The molecule has 2 aromatic rings. The van der Waals surface area contributed by atoms with E-state index in [2.05, 4.69) is 5.32 Å². The third-order valence-electron chi connectivity index (χ3n) is 3.28. The van der Waals surface area contributed by atoms with E-state index >= 15 is 0 Å². The average Bonchev–Trinajstić information content (AvgIpc) is 2.60. The van der Waals surface area contributed by atoms with Gasteiger partial charge in [0.05, 0.1) is 11.8 Å². The molecule has 0 saturated carbocycles. The molecule has 0 spiro atoms. The summed E-state index contributed by atoms with van der Waals surface area (Å²) >= 11 is 1.19. The van der Waals surface area contributed by atoms with E-state index in [0.29, 0.717) is 0 Å². The van der Waals surface area contributed by atoms with Gasteiger partial charge in [-0.15, -0.1) is 11.8 Å². The molecule has 0 aliphatic carbocycles. The van der Waals surface area contributed by atoms with Crippen molar-refractivity contribution in [1.29, 1.82) is 0 Å². The molecule has 0 bridgehead atoms. The Hall–Kier alpha value is -2.41. The molecule has 4 nitrogen and oxygen atoms in total. The molecule has 0 heterocycles. The van der Waals surface area contributed by atoms with Crippen molar-refractivity contribution in [1.82, 2.24) is 5.32 Å². The van der Waals surface area contributed by atoms with Crippen LogP contribution in [-0.4, -0.2) is 24.2 Å². The Bertz CT molecular complexity index is 720. The van der Waals surface area contributed by atoms with E-state index < -0.39 is 18.5 Å². The molecular formula is C18H17F2NO3S. The lowest BCUT2D eigenvalue weighted by molar-refractivity contribution is -0.146. The molecule has 2 aromatic carbocycles. The average molecular weight is 365 g/mol. The predicted molar refractivity (Wildman–Crippen MR) is 91.0 cm³/mol. The number of rotatable bonds is 7. The lowest BCUT2D eigenvalue weighted by atomic mass is 10.1. The molecule has 1 amide bonds. The smallest absolute Gasteiger partial charge is 0.316 e. The topological polar surface area (TPSA) is 55.4 Å². The maximum atomic E-state index is 12.9. The normalized spacial score (nSPS) is 11.6. The SMILES string of the molecule is C[C@@H](NC(=O)COC(=O)CSc1ccc(F)cc1)c1ccc(F)cc1. The zero-order valence-corrected chi connectivity index (χ0v) is 14.3. The van der Waals surface area contributed by atoms with E-state index in [0.717, 1.165) is 10.5 Å². The molecule has 1 N–H and O–H groups in total. The number of thioether (sulfide) groups is 1. The van der Waals surface area contributed by atoms with Gasteiger partial charge in [0.15, 0.2) is 6.61 Å². The standard InChI is InChI=1S/C18H17F2NO3S/c1-12(13-2-4-14(19)5-3-13)21-17(22)10-24-18(23)11-25-16-8-6-15(20)7-9-16/h2-9,12H,10-11H2,1H3,(H,21,22)/t12-/m1/s1. The van der Waals surface area contributed by atoms with Gasteiger partial charge in [0, 0.05) is 4.90 Å². The summed E-state index contributed by atoms with van der Waals surface area (Å²) in [6.07, 6.45) is 0. The van der Waals surface area contributed by atoms with E-state index in [1.807, 2.05) is 0 Å². The fraction of sp³-hybridized carbons (Fsp3) is 0.222. The lowest BCUT2D eigenvalue weighted by Crippen LogP contribution is -2.31. The highest BCUT2D eigenvalue weighted by Crippen LogP contribution is 2.18. The number of esters is 1. The summed E-state index contributed by atoms with van der Waals surface area (Å²) in [5, 5.41) is 2.66. The van der Waals surface area contributed by atoms with Crippen LogP contribution in [0, 0.1) is 11.6 Å². The molecule has 25 heavy (non-hydrogen) atoms. The predicted octanol–water partition coefficient (Wildman–Crippen LogP) is 3.48. The van der Waals surface area contributed by atoms with Gasteiger partial charge in [0.25, 0.3) is 5.91 Å². The maximum Gasteiger partial charge on any atom is 0.316 e. The van der Waals surface area contributed by atoms with Gasteiger partial charge in [-0.1, -0.05) is 12.1 Å². The zero-order chi connectivity index (χ0) is 18.2. The summed E-state index contributed by atoms with van der Waals surface area (Å²) in [4.78, 5) is 24.2. The van der Waals surface area contributed by atoms with Crippen molar-refractivity contribution in [3.63, 3.8) is 0 Å². The summed E-state index contributed by atoms with van der Waals surface area (Å²) in [5.74, 6) is -1.67. The van der Waals surface area contributed by atoms with Crippen LogP contribution >= 0.6 is 11.8 Å². The second-order valence-electron chi connectivity index (χ2n) is 5.24. The molecule has 132 valence electrons. The molecular weight excluding hydrogens is 348 g/mol. The van der Waals surface area contributed by atoms with Crippen LogP contribution in [0.15, 0.2) is 53.4 Å². The van der Waals surface area contributed by atoms with Crippen LogP contribution in [0.4, 0.5) is 8.78 Å². The van der Waals surface area contributed by atoms with Gasteiger partial charge in [-0.25, -0.2) is 8.78 Å². The molecule has 2 rings (SSSR count). The van der Waals surface area contributed by atoms with Gasteiger partial charge >= 0.3 is 5.97 Å². The zero-order valence-electron chi connectivity index (χ0n) is 13.5. The second-order valence-corrected chi connectivity index (χ2v) is 6.29. The van der Waals surface area contributed by atoms with Crippen molar-refractivity contribution in [2.24, 2.45) is 0 Å². The van der Waals surface area contributed by atoms with E-state index in [-0.39, 0.29) is 23.4 Å². The molecule has 0 unspecified atom stereocenters. The number of halogens is 2. The van der Waals surface area contributed by atoms with Crippen LogP contribution in [0.1, 0.15) is 18.5 Å². The number of carbonyl (C=O) groups excluding carboxylic acids is 2. The van der Waals surface area contributed by atoms with Gasteiger partial charge in [-0.3, -0.25) is 9.59 Å². The highest BCUT2D eigenvalue weighted by Gasteiger charge is 2.12. The number of carbonyl (C=O) groups is 2. The highest BCUT2D eigenvalue weighted by molar-refractivity contribution is 8.00. The minimum Gasteiger partial charge on any atom is -0.455 e. The summed E-state index contributed by atoms with van der Waals surface area (Å²) in [5.41, 5.74) is 0.743.